The maximum Gasteiger partial charge on any atom is 0.0480 e. The fourth-order valence-corrected chi connectivity index (χ4v) is 2.04. The zero-order chi connectivity index (χ0) is 10.5. The number of aryl methyl sites for hydroxylation is 1. The Balaban J connectivity index is 2.08. The smallest absolute Gasteiger partial charge is 0.0480 e. The van der Waals surface area contributed by atoms with Crippen LogP contribution in [0.25, 0.3) is 10.9 Å². The molecule has 0 saturated heterocycles. The highest BCUT2D eigenvalue weighted by Gasteiger charge is 1.98. The molecule has 0 aliphatic carbocycles. The van der Waals surface area contributed by atoms with E-state index in [0.717, 1.165) is 13.0 Å². The first-order valence-corrected chi connectivity index (χ1v) is 6.12. The monoisotopic (exact) mass is 263 g/mol. The summed E-state index contributed by atoms with van der Waals surface area (Å²) in [5, 5.41) is 1.33. The van der Waals surface area contributed by atoms with Gasteiger partial charge in [-0.2, -0.15) is 0 Å². The first-order valence-electron chi connectivity index (χ1n) is 5.21. The van der Waals surface area contributed by atoms with Gasteiger partial charge in [-0.15, -0.1) is 0 Å². The van der Waals surface area contributed by atoms with Crippen LogP contribution in [0.5, 0.6) is 0 Å². The van der Waals surface area contributed by atoms with Gasteiger partial charge in [-0.1, -0.05) is 40.2 Å². The summed E-state index contributed by atoms with van der Waals surface area (Å²) >= 11 is 3.28. The van der Waals surface area contributed by atoms with E-state index in [4.69, 9.17) is 0 Å². The summed E-state index contributed by atoms with van der Waals surface area (Å²) in [6.45, 7) is 1.09. The lowest BCUT2D eigenvalue weighted by Crippen LogP contribution is -1.94. The van der Waals surface area contributed by atoms with E-state index in [9.17, 15) is 0 Å². The van der Waals surface area contributed by atoms with Crippen LogP contribution in [0.3, 0.4) is 0 Å². The molecule has 0 radical (unpaired) electrons. The Kier molecular flexibility index (Phi) is 3.62. The maximum atomic E-state index is 3.28. The van der Waals surface area contributed by atoms with Gasteiger partial charge in [0.1, 0.15) is 0 Å². The maximum absolute atomic E-state index is 3.28. The van der Waals surface area contributed by atoms with Crippen LogP contribution in [0.4, 0.5) is 0 Å². The molecule has 15 heavy (non-hydrogen) atoms. The standard InChI is InChI=1S/C13H14BrN/c14-9-4-1-5-10-15-11-8-12-6-2-3-7-13(12)15/h2-4,6-9,11H,1,5,10H2/b9-4+. The van der Waals surface area contributed by atoms with Gasteiger partial charge in [0.25, 0.3) is 0 Å². The minimum Gasteiger partial charge on any atom is -0.347 e. The molecule has 0 unspecified atom stereocenters. The molecule has 1 heterocycles. The number of rotatable bonds is 4. The van der Waals surface area contributed by atoms with Gasteiger partial charge in [0, 0.05) is 18.3 Å². The molecule has 0 spiro atoms. The molecule has 0 saturated carbocycles. The molecule has 0 N–H and O–H groups in total. The van der Waals surface area contributed by atoms with Gasteiger partial charge in [-0.3, -0.25) is 0 Å². The molecule has 0 amide bonds. The fourth-order valence-electron chi connectivity index (χ4n) is 1.78. The van der Waals surface area contributed by atoms with E-state index >= 15 is 0 Å². The highest BCUT2D eigenvalue weighted by Crippen LogP contribution is 2.15. The van der Waals surface area contributed by atoms with E-state index in [-0.39, 0.29) is 0 Å². The average Bonchev–Trinajstić information content (AvgIpc) is 2.68. The highest BCUT2D eigenvalue weighted by atomic mass is 79.9. The summed E-state index contributed by atoms with van der Waals surface area (Å²) in [7, 11) is 0. The van der Waals surface area contributed by atoms with Crippen molar-refractivity contribution in [2.24, 2.45) is 0 Å². The number of halogens is 1. The van der Waals surface area contributed by atoms with E-state index in [2.05, 4.69) is 63.1 Å². The molecule has 0 aliphatic rings. The Morgan fingerprint density at radius 3 is 2.93 bits per heavy atom. The van der Waals surface area contributed by atoms with Gasteiger partial charge in [0.2, 0.25) is 0 Å². The summed E-state index contributed by atoms with van der Waals surface area (Å²) in [5.74, 6) is 0. The number of hydrogen-bond acceptors (Lipinski definition) is 0. The van der Waals surface area contributed by atoms with E-state index in [1.165, 1.54) is 17.3 Å². The zero-order valence-electron chi connectivity index (χ0n) is 8.57. The molecule has 2 rings (SSSR count). The molecule has 2 aromatic rings. The molecule has 2 heteroatoms. The Morgan fingerprint density at radius 2 is 2.07 bits per heavy atom. The molecule has 0 aliphatic heterocycles. The van der Waals surface area contributed by atoms with E-state index in [1.807, 2.05) is 4.99 Å². The van der Waals surface area contributed by atoms with Gasteiger partial charge >= 0.3 is 0 Å². The lowest BCUT2D eigenvalue weighted by molar-refractivity contribution is 0.671. The van der Waals surface area contributed by atoms with Crippen LogP contribution < -0.4 is 0 Å². The molecular weight excluding hydrogens is 250 g/mol. The number of hydrogen-bond donors (Lipinski definition) is 0. The third-order valence-electron chi connectivity index (χ3n) is 2.54. The van der Waals surface area contributed by atoms with Crippen molar-refractivity contribution in [3.8, 4) is 0 Å². The van der Waals surface area contributed by atoms with Crippen molar-refractivity contribution in [3.63, 3.8) is 0 Å². The largest absolute Gasteiger partial charge is 0.347 e. The SMILES string of the molecule is Br/C=C/CCCn1ccc2ccccc21. The number of benzene rings is 1. The Labute approximate surface area is 98.5 Å². The summed E-state index contributed by atoms with van der Waals surface area (Å²) in [6.07, 6.45) is 6.62. The quantitative estimate of drug-likeness (QED) is 0.724. The van der Waals surface area contributed by atoms with E-state index < -0.39 is 0 Å². The van der Waals surface area contributed by atoms with Crippen LogP contribution in [-0.2, 0) is 6.54 Å². The van der Waals surface area contributed by atoms with Crippen LogP contribution in [-0.4, -0.2) is 4.57 Å². The van der Waals surface area contributed by atoms with Gasteiger partial charge in [-0.25, -0.2) is 0 Å². The lowest BCUT2D eigenvalue weighted by atomic mass is 10.2. The molecule has 78 valence electrons. The van der Waals surface area contributed by atoms with Crippen molar-refractivity contribution in [2.75, 3.05) is 0 Å². The third kappa shape index (κ3) is 2.51. The van der Waals surface area contributed by atoms with Crippen LogP contribution in [0.15, 0.2) is 47.6 Å². The van der Waals surface area contributed by atoms with Crippen molar-refractivity contribution in [2.45, 2.75) is 19.4 Å². The minimum absolute atomic E-state index is 1.09. The summed E-state index contributed by atoms with van der Waals surface area (Å²) in [5.41, 5.74) is 1.33. The number of aromatic nitrogens is 1. The average molecular weight is 264 g/mol. The van der Waals surface area contributed by atoms with Gasteiger partial charge in [0.05, 0.1) is 0 Å². The van der Waals surface area contributed by atoms with Crippen molar-refractivity contribution in [3.05, 3.63) is 47.6 Å². The Morgan fingerprint density at radius 1 is 1.20 bits per heavy atom. The molecule has 1 nitrogen and oxygen atoms in total. The molecular formula is C13H14BrN. The number of allylic oxidation sites excluding steroid dienone is 1. The third-order valence-corrected chi connectivity index (χ3v) is 2.91. The van der Waals surface area contributed by atoms with E-state index in [0.29, 0.717) is 0 Å². The van der Waals surface area contributed by atoms with Crippen molar-refractivity contribution in [1.29, 1.82) is 0 Å². The van der Waals surface area contributed by atoms with E-state index in [1.54, 1.807) is 0 Å². The molecule has 1 aromatic heterocycles. The fraction of sp³-hybridized carbons (Fsp3) is 0.231. The normalized spacial score (nSPS) is 11.5. The zero-order valence-corrected chi connectivity index (χ0v) is 10.2. The number of para-hydroxylation sites is 1. The van der Waals surface area contributed by atoms with Crippen LogP contribution >= 0.6 is 15.9 Å². The topological polar surface area (TPSA) is 4.93 Å². The second kappa shape index (κ2) is 5.17. The molecule has 0 bridgehead atoms. The molecule has 1 aromatic carbocycles. The lowest BCUT2D eigenvalue weighted by Gasteiger charge is -2.03. The first kappa shape index (κ1) is 10.5. The summed E-state index contributed by atoms with van der Waals surface area (Å²) < 4.78 is 2.32. The highest BCUT2D eigenvalue weighted by molar-refractivity contribution is 9.11. The van der Waals surface area contributed by atoms with Gasteiger partial charge in [-0.05, 0) is 35.3 Å². The predicted octanol–water partition coefficient (Wildman–Crippen LogP) is 4.33. The van der Waals surface area contributed by atoms with Crippen LogP contribution in [0.1, 0.15) is 12.8 Å². The number of unbranched alkanes of at least 4 members (excludes halogenated alkanes) is 1. The van der Waals surface area contributed by atoms with Crippen LogP contribution in [0.2, 0.25) is 0 Å². The Hall–Kier alpha value is -1.02. The minimum atomic E-state index is 1.09. The van der Waals surface area contributed by atoms with Gasteiger partial charge in [0.15, 0.2) is 0 Å². The predicted molar refractivity (Wildman–Crippen MR) is 69.2 cm³/mol. The number of nitrogens with zero attached hydrogens (tertiary/aromatic N) is 1. The van der Waals surface area contributed by atoms with Crippen molar-refractivity contribution in [1.82, 2.24) is 4.57 Å². The second-order valence-electron chi connectivity index (χ2n) is 3.57. The summed E-state index contributed by atoms with van der Waals surface area (Å²) in [6, 6.07) is 10.7. The Bertz CT molecular complexity index is 456. The summed E-state index contributed by atoms with van der Waals surface area (Å²) in [4.78, 5) is 1.93. The van der Waals surface area contributed by atoms with Crippen molar-refractivity contribution < 1.29 is 0 Å². The first-order chi connectivity index (χ1) is 7.42. The van der Waals surface area contributed by atoms with Gasteiger partial charge < -0.3 is 4.57 Å². The second-order valence-corrected chi connectivity index (χ2v) is 4.10. The number of fused-ring (bicyclic) bond motifs is 1. The molecule has 0 atom stereocenters. The van der Waals surface area contributed by atoms with Crippen LogP contribution in [0, 0.1) is 0 Å². The van der Waals surface area contributed by atoms with Crippen molar-refractivity contribution >= 4 is 26.8 Å². The molecule has 0 fully saturated rings.